The number of H-pyrrole nitrogens is 1. The van der Waals surface area contributed by atoms with Gasteiger partial charge in [-0.25, -0.2) is 4.98 Å². The van der Waals surface area contributed by atoms with Gasteiger partial charge < -0.3 is 10.3 Å². The van der Waals surface area contributed by atoms with Crippen molar-refractivity contribution in [2.24, 2.45) is 0 Å². The molecule has 0 aliphatic rings. The zero-order chi connectivity index (χ0) is 13.5. The zero-order valence-corrected chi connectivity index (χ0v) is 12.1. The van der Waals surface area contributed by atoms with Crippen LogP contribution in [-0.2, 0) is 6.54 Å². The Morgan fingerprint density at radius 2 is 2.16 bits per heavy atom. The highest BCUT2D eigenvalue weighted by atomic mass is 14.9. The topological polar surface area (TPSA) is 40.7 Å². The maximum Gasteiger partial charge on any atom is 0.137 e. The number of aromatic nitrogens is 2. The first-order valence-electron chi connectivity index (χ1n) is 7.49. The number of unbranched alkanes of at least 4 members (excludes halogenated alkanes) is 1. The highest BCUT2D eigenvalue weighted by molar-refractivity contribution is 5.79. The Hall–Kier alpha value is -1.35. The van der Waals surface area contributed by atoms with Gasteiger partial charge in [0, 0.05) is 30.4 Å². The fraction of sp³-hybridized carbons (Fsp3) is 0.562. The summed E-state index contributed by atoms with van der Waals surface area (Å²) in [5.41, 5.74) is 2.31. The minimum Gasteiger partial charge on any atom is -0.346 e. The molecule has 104 valence electrons. The van der Waals surface area contributed by atoms with Crippen LogP contribution in [0, 0.1) is 0 Å². The lowest BCUT2D eigenvalue weighted by Gasteiger charge is -2.17. The third-order valence-corrected chi connectivity index (χ3v) is 3.66. The predicted octanol–water partition coefficient (Wildman–Crippen LogP) is 4.01. The minimum atomic E-state index is 0.645. The standard InChI is InChI=1S/C16H25N3/c1-3-5-8-14(7-4-2)18-11-13-12-19-16-15(13)9-6-10-17-16/h6,9-10,12,14,18H,3-5,7-8,11H2,1-2H3,(H,17,19). The van der Waals surface area contributed by atoms with Crippen molar-refractivity contribution in [2.45, 2.75) is 58.5 Å². The number of nitrogens with zero attached hydrogens (tertiary/aromatic N) is 1. The summed E-state index contributed by atoms with van der Waals surface area (Å²) in [7, 11) is 0. The maximum atomic E-state index is 4.33. The molecule has 19 heavy (non-hydrogen) atoms. The molecule has 1 unspecified atom stereocenters. The Bertz CT molecular complexity index is 489. The van der Waals surface area contributed by atoms with Gasteiger partial charge in [-0.1, -0.05) is 33.1 Å². The summed E-state index contributed by atoms with van der Waals surface area (Å²) < 4.78 is 0. The number of hydrogen-bond acceptors (Lipinski definition) is 2. The van der Waals surface area contributed by atoms with Gasteiger partial charge in [-0.2, -0.15) is 0 Å². The number of rotatable bonds is 8. The van der Waals surface area contributed by atoms with E-state index >= 15 is 0 Å². The molecule has 0 saturated heterocycles. The Morgan fingerprint density at radius 1 is 1.26 bits per heavy atom. The molecule has 2 N–H and O–H groups in total. The van der Waals surface area contributed by atoms with Gasteiger partial charge in [0.15, 0.2) is 0 Å². The van der Waals surface area contributed by atoms with E-state index in [1.54, 1.807) is 0 Å². The summed E-state index contributed by atoms with van der Waals surface area (Å²) in [4.78, 5) is 7.57. The Morgan fingerprint density at radius 3 is 2.95 bits per heavy atom. The Kier molecular flexibility index (Phi) is 5.40. The van der Waals surface area contributed by atoms with Crippen molar-refractivity contribution < 1.29 is 0 Å². The lowest BCUT2D eigenvalue weighted by Crippen LogP contribution is -2.28. The highest BCUT2D eigenvalue weighted by Gasteiger charge is 2.09. The second kappa shape index (κ2) is 7.29. The predicted molar refractivity (Wildman–Crippen MR) is 81.2 cm³/mol. The second-order valence-electron chi connectivity index (χ2n) is 5.22. The van der Waals surface area contributed by atoms with Crippen molar-refractivity contribution >= 4 is 11.0 Å². The van der Waals surface area contributed by atoms with Gasteiger partial charge in [0.25, 0.3) is 0 Å². The quantitative estimate of drug-likeness (QED) is 0.752. The van der Waals surface area contributed by atoms with Crippen LogP contribution in [-0.4, -0.2) is 16.0 Å². The molecule has 3 heteroatoms. The number of aromatic amines is 1. The summed E-state index contributed by atoms with van der Waals surface area (Å²) in [6, 6.07) is 4.78. The molecule has 2 rings (SSSR count). The average Bonchev–Trinajstić information content (AvgIpc) is 2.85. The van der Waals surface area contributed by atoms with Gasteiger partial charge in [0.05, 0.1) is 0 Å². The first-order chi connectivity index (χ1) is 9.35. The summed E-state index contributed by atoms with van der Waals surface area (Å²) in [5, 5.41) is 4.94. The second-order valence-corrected chi connectivity index (χ2v) is 5.22. The molecule has 0 fully saturated rings. The molecule has 1 atom stereocenters. The lowest BCUT2D eigenvalue weighted by atomic mass is 10.0. The first-order valence-corrected chi connectivity index (χ1v) is 7.49. The monoisotopic (exact) mass is 259 g/mol. The van der Waals surface area contributed by atoms with Gasteiger partial charge >= 0.3 is 0 Å². The molecule has 2 aromatic heterocycles. The van der Waals surface area contributed by atoms with Crippen LogP contribution >= 0.6 is 0 Å². The maximum absolute atomic E-state index is 4.33. The van der Waals surface area contributed by atoms with Crippen molar-refractivity contribution in [1.82, 2.24) is 15.3 Å². The van der Waals surface area contributed by atoms with Gasteiger partial charge in [0.1, 0.15) is 5.65 Å². The van der Waals surface area contributed by atoms with E-state index in [9.17, 15) is 0 Å². The molecule has 2 heterocycles. The smallest absolute Gasteiger partial charge is 0.137 e. The van der Waals surface area contributed by atoms with Crippen LogP contribution in [0.15, 0.2) is 24.5 Å². The number of fused-ring (bicyclic) bond motifs is 1. The fourth-order valence-electron chi connectivity index (χ4n) is 2.56. The normalized spacial score (nSPS) is 12.9. The number of pyridine rings is 1. The third kappa shape index (κ3) is 3.80. The van der Waals surface area contributed by atoms with Gasteiger partial charge in [-0.3, -0.25) is 0 Å². The molecule has 0 spiro atoms. The van der Waals surface area contributed by atoms with E-state index < -0.39 is 0 Å². The molecule has 0 saturated carbocycles. The van der Waals surface area contributed by atoms with E-state index in [2.05, 4.69) is 41.4 Å². The number of hydrogen-bond donors (Lipinski definition) is 2. The first kappa shape index (κ1) is 14.1. The molecule has 0 amide bonds. The lowest BCUT2D eigenvalue weighted by molar-refractivity contribution is 0.435. The zero-order valence-electron chi connectivity index (χ0n) is 12.1. The van der Waals surface area contributed by atoms with Gasteiger partial charge in [-0.05, 0) is 30.5 Å². The molecular formula is C16H25N3. The van der Waals surface area contributed by atoms with E-state index in [0.29, 0.717) is 6.04 Å². The van der Waals surface area contributed by atoms with Crippen molar-refractivity contribution in [3.63, 3.8) is 0 Å². The fourth-order valence-corrected chi connectivity index (χ4v) is 2.56. The molecule has 0 aliphatic heterocycles. The molecule has 2 aromatic rings. The highest BCUT2D eigenvalue weighted by Crippen LogP contribution is 2.16. The van der Waals surface area contributed by atoms with Crippen LogP contribution in [0.5, 0.6) is 0 Å². The van der Waals surface area contributed by atoms with Crippen LogP contribution in [0.1, 0.15) is 51.5 Å². The van der Waals surface area contributed by atoms with E-state index in [-0.39, 0.29) is 0 Å². The van der Waals surface area contributed by atoms with Crippen LogP contribution in [0.2, 0.25) is 0 Å². The van der Waals surface area contributed by atoms with Crippen molar-refractivity contribution in [2.75, 3.05) is 0 Å². The molecule has 0 bridgehead atoms. The SMILES string of the molecule is CCCCC(CCC)NCc1c[nH]c2ncccc12. The summed E-state index contributed by atoms with van der Waals surface area (Å²) in [6.45, 7) is 5.45. The van der Waals surface area contributed by atoms with Crippen LogP contribution in [0.3, 0.4) is 0 Å². The summed E-state index contributed by atoms with van der Waals surface area (Å²) in [5.74, 6) is 0. The van der Waals surface area contributed by atoms with Crippen molar-refractivity contribution in [3.8, 4) is 0 Å². The van der Waals surface area contributed by atoms with E-state index in [0.717, 1.165) is 12.2 Å². The summed E-state index contributed by atoms with van der Waals surface area (Å²) in [6.07, 6.45) is 10.3. The molecule has 3 nitrogen and oxygen atoms in total. The Labute approximate surface area is 115 Å². The summed E-state index contributed by atoms with van der Waals surface area (Å²) >= 11 is 0. The van der Waals surface area contributed by atoms with Crippen molar-refractivity contribution in [1.29, 1.82) is 0 Å². The number of nitrogens with one attached hydrogen (secondary N) is 2. The Balaban J connectivity index is 1.96. The largest absolute Gasteiger partial charge is 0.346 e. The molecule has 0 aliphatic carbocycles. The van der Waals surface area contributed by atoms with E-state index in [4.69, 9.17) is 0 Å². The van der Waals surface area contributed by atoms with E-state index in [1.807, 2.05) is 12.3 Å². The van der Waals surface area contributed by atoms with Crippen molar-refractivity contribution in [3.05, 3.63) is 30.1 Å². The third-order valence-electron chi connectivity index (χ3n) is 3.66. The molecule has 0 radical (unpaired) electrons. The van der Waals surface area contributed by atoms with Crippen LogP contribution < -0.4 is 5.32 Å². The van der Waals surface area contributed by atoms with Crippen LogP contribution in [0.25, 0.3) is 11.0 Å². The van der Waals surface area contributed by atoms with Gasteiger partial charge in [-0.15, -0.1) is 0 Å². The van der Waals surface area contributed by atoms with Gasteiger partial charge in [0.2, 0.25) is 0 Å². The van der Waals surface area contributed by atoms with E-state index in [1.165, 1.54) is 43.1 Å². The average molecular weight is 259 g/mol. The molecule has 0 aromatic carbocycles. The van der Waals surface area contributed by atoms with Crippen LogP contribution in [0.4, 0.5) is 0 Å². The molecular weight excluding hydrogens is 234 g/mol. The minimum absolute atomic E-state index is 0.645.